The third-order valence-corrected chi connectivity index (χ3v) is 5.66. The average molecular weight is 347 g/mol. The molecule has 4 rings (SSSR count). The summed E-state index contributed by atoms with van der Waals surface area (Å²) in [6, 6.07) is 8.09. The Morgan fingerprint density at radius 3 is 2.75 bits per heavy atom. The van der Waals surface area contributed by atoms with E-state index in [9.17, 15) is 9.59 Å². The Morgan fingerprint density at radius 1 is 1.17 bits per heavy atom. The number of rotatable bonds is 4. The Kier molecular flexibility index (Phi) is 4.25. The Morgan fingerprint density at radius 2 is 2.00 bits per heavy atom. The zero-order valence-electron chi connectivity index (χ0n) is 13.7. The third kappa shape index (κ3) is 3.44. The molecule has 4 nitrogen and oxygen atoms in total. The van der Waals surface area contributed by atoms with Gasteiger partial charge in [-0.2, -0.15) is 0 Å². The van der Waals surface area contributed by atoms with Gasteiger partial charge >= 0.3 is 0 Å². The fourth-order valence-corrected chi connectivity index (χ4v) is 3.94. The Labute approximate surface area is 147 Å². The van der Waals surface area contributed by atoms with Crippen LogP contribution >= 0.6 is 11.6 Å². The lowest BCUT2D eigenvalue weighted by atomic mass is 9.96. The summed E-state index contributed by atoms with van der Waals surface area (Å²) in [6.45, 7) is 1.41. The molecule has 0 spiro atoms. The molecular weight excluding hydrogens is 324 g/mol. The Hall–Kier alpha value is -1.55. The van der Waals surface area contributed by atoms with E-state index in [1.54, 1.807) is 0 Å². The number of halogens is 1. The molecule has 1 aromatic carbocycles. The van der Waals surface area contributed by atoms with Gasteiger partial charge in [0.1, 0.15) is 0 Å². The smallest absolute Gasteiger partial charge is 0.225 e. The van der Waals surface area contributed by atoms with E-state index in [2.05, 4.69) is 11.4 Å². The second kappa shape index (κ2) is 6.40. The second-order valence-corrected chi connectivity index (χ2v) is 7.85. The van der Waals surface area contributed by atoms with Crippen LogP contribution in [0, 0.1) is 11.8 Å². The maximum Gasteiger partial charge on any atom is 0.225 e. The van der Waals surface area contributed by atoms with Crippen LogP contribution in [0.5, 0.6) is 0 Å². The Balaban J connectivity index is 1.31. The van der Waals surface area contributed by atoms with Crippen LogP contribution in [0.3, 0.4) is 0 Å². The molecule has 0 bridgehead atoms. The first-order valence-corrected chi connectivity index (χ1v) is 9.34. The molecule has 1 saturated heterocycles. The van der Waals surface area contributed by atoms with Crippen LogP contribution in [-0.2, 0) is 9.59 Å². The van der Waals surface area contributed by atoms with Crippen molar-refractivity contribution in [3.63, 3.8) is 0 Å². The molecule has 128 valence electrons. The molecule has 0 radical (unpaired) electrons. The van der Waals surface area contributed by atoms with Gasteiger partial charge in [0.2, 0.25) is 11.8 Å². The van der Waals surface area contributed by atoms with Crippen molar-refractivity contribution in [1.29, 1.82) is 0 Å². The van der Waals surface area contributed by atoms with Crippen LogP contribution in [0.4, 0.5) is 0 Å². The van der Waals surface area contributed by atoms with Crippen LogP contribution in [0.15, 0.2) is 24.3 Å². The third-order valence-electron chi connectivity index (χ3n) is 5.43. The molecular formula is C19H23ClN2O2. The number of hydrogen-bond acceptors (Lipinski definition) is 2. The molecule has 24 heavy (non-hydrogen) atoms. The lowest BCUT2D eigenvalue weighted by Crippen LogP contribution is -2.46. The molecule has 3 aliphatic rings. The van der Waals surface area contributed by atoms with Crippen molar-refractivity contribution in [1.82, 2.24) is 10.2 Å². The second-order valence-electron chi connectivity index (χ2n) is 7.41. The van der Waals surface area contributed by atoms with Crippen LogP contribution < -0.4 is 5.32 Å². The minimum Gasteiger partial charge on any atom is -0.352 e. The van der Waals surface area contributed by atoms with Crippen molar-refractivity contribution < 1.29 is 9.59 Å². The number of hydrogen-bond donors (Lipinski definition) is 1. The SMILES string of the molecule is O=C(N[C@@H]1C[C@@H]1c1cccc(Cl)c1)[C@@H]1CCCN(C(=O)C2CC2)C1. The fraction of sp³-hybridized carbons (Fsp3) is 0.579. The topological polar surface area (TPSA) is 49.4 Å². The van der Waals surface area contributed by atoms with Crippen molar-refractivity contribution in [2.75, 3.05) is 13.1 Å². The zero-order valence-corrected chi connectivity index (χ0v) is 14.5. The van der Waals surface area contributed by atoms with E-state index < -0.39 is 0 Å². The van der Waals surface area contributed by atoms with Crippen LogP contribution in [-0.4, -0.2) is 35.8 Å². The number of amides is 2. The molecule has 1 aromatic rings. The first kappa shape index (κ1) is 15.9. The van der Waals surface area contributed by atoms with Gasteiger partial charge < -0.3 is 10.2 Å². The van der Waals surface area contributed by atoms with Crippen molar-refractivity contribution in [3.05, 3.63) is 34.9 Å². The van der Waals surface area contributed by atoms with E-state index >= 15 is 0 Å². The van der Waals surface area contributed by atoms with E-state index in [1.807, 2.05) is 23.1 Å². The number of nitrogens with zero attached hydrogens (tertiary/aromatic N) is 1. The lowest BCUT2D eigenvalue weighted by Gasteiger charge is -2.32. The van der Waals surface area contributed by atoms with Gasteiger partial charge in [-0.1, -0.05) is 23.7 Å². The largest absolute Gasteiger partial charge is 0.352 e. The van der Waals surface area contributed by atoms with E-state index in [-0.39, 0.29) is 29.7 Å². The number of benzene rings is 1. The van der Waals surface area contributed by atoms with Crippen molar-refractivity contribution in [2.24, 2.45) is 11.8 Å². The number of carbonyl (C=O) groups is 2. The Bertz CT molecular complexity index is 659. The summed E-state index contributed by atoms with van der Waals surface area (Å²) < 4.78 is 0. The van der Waals surface area contributed by atoms with Crippen LogP contribution in [0.1, 0.15) is 43.6 Å². The van der Waals surface area contributed by atoms with Gasteiger partial charge in [-0.15, -0.1) is 0 Å². The predicted octanol–water partition coefficient (Wildman–Crippen LogP) is 2.96. The molecule has 0 aromatic heterocycles. The summed E-state index contributed by atoms with van der Waals surface area (Å²) in [5, 5.41) is 3.92. The summed E-state index contributed by atoms with van der Waals surface area (Å²) in [5.74, 6) is 0.929. The summed E-state index contributed by atoms with van der Waals surface area (Å²) in [5.41, 5.74) is 1.20. The summed E-state index contributed by atoms with van der Waals surface area (Å²) in [4.78, 5) is 26.7. The fourth-order valence-electron chi connectivity index (χ4n) is 3.74. The van der Waals surface area contributed by atoms with Gasteiger partial charge in [0, 0.05) is 36.0 Å². The standard InChI is InChI=1S/C19H23ClN2O2/c20-15-5-1-3-13(9-15)16-10-17(16)21-18(23)14-4-2-8-22(11-14)19(24)12-6-7-12/h1,3,5,9,12,14,16-17H,2,4,6-8,10-11H2,(H,21,23)/t14-,16-,17-/m1/s1. The van der Waals surface area contributed by atoms with Gasteiger partial charge in [0.25, 0.3) is 0 Å². The van der Waals surface area contributed by atoms with E-state index in [0.717, 1.165) is 43.7 Å². The molecule has 2 aliphatic carbocycles. The highest BCUT2D eigenvalue weighted by Crippen LogP contribution is 2.41. The monoisotopic (exact) mass is 346 g/mol. The molecule has 5 heteroatoms. The molecule has 3 fully saturated rings. The highest BCUT2D eigenvalue weighted by atomic mass is 35.5. The maximum atomic E-state index is 12.6. The van der Waals surface area contributed by atoms with Gasteiger partial charge in [-0.25, -0.2) is 0 Å². The summed E-state index contributed by atoms with van der Waals surface area (Å²) >= 11 is 6.04. The number of carbonyl (C=O) groups excluding carboxylic acids is 2. The van der Waals surface area contributed by atoms with Crippen molar-refractivity contribution in [3.8, 4) is 0 Å². The number of likely N-dealkylation sites (tertiary alicyclic amines) is 1. The molecule has 1 N–H and O–H groups in total. The molecule has 1 aliphatic heterocycles. The average Bonchev–Trinajstić information content (AvgIpc) is 3.48. The number of nitrogens with one attached hydrogen (secondary N) is 1. The minimum atomic E-state index is -0.0536. The van der Waals surface area contributed by atoms with Crippen molar-refractivity contribution >= 4 is 23.4 Å². The summed E-state index contributed by atoms with van der Waals surface area (Å²) in [7, 11) is 0. The lowest BCUT2D eigenvalue weighted by molar-refractivity contribution is -0.136. The highest BCUT2D eigenvalue weighted by molar-refractivity contribution is 6.30. The van der Waals surface area contributed by atoms with Crippen LogP contribution in [0.25, 0.3) is 0 Å². The first-order chi connectivity index (χ1) is 11.6. The van der Waals surface area contributed by atoms with E-state index in [0.29, 0.717) is 12.5 Å². The quantitative estimate of drug-likeness (QED) is 0.911. The predicted molar refractivity (Wildman–Crippen MR) is 92.8 cm³/mol. The first-order valence-electron chi connectivity index (χ1n) is 8.96. The van der Waals surface area contributed by atoms with Gasteiger partial charge in [0.05, 0.1) is 5.92 Å². The number of piperidine rings is 1. The van der Waals surface area contributed by atoms with E-state index in [4.69, 9.17) is 11.6 Å². The summed E-state index contributed by atoms with van der Waals surface area (Å²) in [6.07, 6.45) is 4.84. The molecule has 0 unspecified atom stereocenters. The highest BCUT2D eigenvalue weighted by Gasteiger charge is 2.42. The van der Waals surface area contributed by atoms with Crippen LogP contribution in [0.2, 0.25) is 5.02 Å². The van der Waals surface area contributed by atoms with Gasteiger partial charge in [-0.05, 0) is 49.8 Å². The molecule has 2 saturated carbocycles. The van der Waals surface area contributed by atoms with Crippen molar-refractivity contribution in [2.45, 2.75) is 44.1 Å². The molecule has 1 heterocycles. The van der Waals surface area contributed by atoms with E-state index in [1.165, 1.54) is 5.56 Å². The van der Waals surface area contributed by atoms with Gasteiger partial charge in [-0.3, -0.25) is 9.59 Å². The van der Waals surface area contributed by atoms with Gasteiger partial charge in [0.15, 0.2) is 0 Å². The zero-order chi connectivity index (χ0) is 16.7. The minimum absolute atomic E-state index is 0.0536. The maximum absolute atomic E-state index is 12.6. The molecule has 2 amide bonds. The molecule has 3 atom stereocenters. The normalized spacial score (nSPS) is 29.2.